The summed E-state index contributed by atoms with van der Waals surface area (Å²) in [6.07, 6.45) is 3.72. The molecule has 0 aromatic heterocycles. The van der Waals surface area contributed by atoms with Gasteiger partial charge in [0.2, 0.25) is 5.91 Å². The van der Waals surface area contributed by atoms with Gasteiger partial charge in [0.15, 0.2) is 0 Å². The van der Waals surface area contributed by atoms with Crippen LogP contribution in [0.5, 0.6) is 0 Å². The van der Waals surface area contributed by atoms with Gasteiger partial charge in [-0.05, 0) is 31.2 Å². The lowest BCUT2D eigenvalue weighted by Gasteiger charge is -2.17. The summed E-state index contributed by atoms with van der Waals surface area (Å²) in [5.41, 5.74) is 7.04. The number of rotatable bonds is 5. The van der Waals surface area contributed by atoms with Gasteiger partial charge in [-0.2, -0.15) is 0 Å². The van der Waals surface area contributed by atoms with Crippen molar-refractivity contribution in [1.29, 1.82) is 0 Å². The highest BCUT2D eigenvalue weighted by Crippen LogP contribution is 2.21. The van der Waals surface area contributed by atoms with Crippen LogP contribution in [0.25, 0.3) is 0 Å². The molecular weight excluding hydrogens is 240 g/mol. The van der Waals surface area contributed by atoms with E-state index in [9.17, 15) is 4.79 Å². The van der Waals surface area contributed by atoms with E-state index >= 15 is 0 Å². The van der Waals surface area contributed by atoms with E-state index < -0.39 is 6.04 Å². The van der Waals surface area contributed by atoms with E-state index in [0.717, 1.165) is 24.8 Å². The smallest absolute Gasteiger partial charge is 0.237 e. The van der Waals surface area contributed by atoms with Gasteiger partial charge in [-0.25, -0.2) is 0 Å². The molecule has 0 saturated heterocycles. The van der Waals surface area contributed by atoms with Crippen molar-refractivity contribution in [1.82, 2.24) is 5.32 Å². The molecule has 1 aromatic rings. The van der Waals surface area contributed by atoms with Crippen molar-refractivity contribution >= 4 is 5.91 Å². The molecule has 1 saturated carbocycles. The lowest BCUT2D eigenvalue weighted by Crippen LogP contribution is -2.45. The van der Waals surface area contributed by atoms with Gasteiger partial charge in [-0.1, -0.05) is 30.3 Å². The number of carbonyl (C=O) groups excluding carboxylic acids is 1. The molecule has 1 amide bonds. The predicted octanol–water partition coefficient (Wildman–Crippen LogP) is 1.24. The van der Waals surface area contributed by atoms with E-state index in [1.54, 1.807) is 7.11 Å². The van der Waals surface area contributed by atoms with Gasteiger partial charge in [0.25, 0.3) is 0 Å². The quantitative estimate of drug-likeness (QED) is 0.839. The summed E-state index contributed by atoms with van der Waals surface area (Å²) < 4.78 is 5.30. The van der Waals surface area contributed by atoms with E-state index in [0.29, 0.717) is 6.42 Å². The first kappa shape index (κ1) is 14.0. The maximum absolute atomic E-state index is 12.0. The first-order valence-electron chi connectivity index (χ1n) is 6.81. The molecule has 2 unspecified atom stereocenters. The van der Waals surface area contributed by atoms with Crippen LogP contribution in [0.4, 0.5) is 0 Å². The molecule has 19 heavy (non-hydrogen) atoms. The molecule has 1 fully saturated rings. The van der Waals surface area contributed by atoms with E-state index in [1.165, 1.54) is 0 Å². The van der Waals surface area contributed by atoms with Crippen LogP contribution in [0.1, 0.15) is 24.8 Å². The Balaban J connectivity index is 1.80. The summed E-state index contributed by atoms with van der Waals surface area (Å²) in [7, 11) is 1.72. The van der Waals surface area contributed by atoms with Crippen LogP contribution in [0.3, 0.4) is 0 Å². The summed E-state index contributed by atoms with van der Waals surface area (Å²) in [4.78, 5) is 12.0. The number of carbonyl (C=O) groups is 1. The molecule has 1 aromatic carbocycles. The zero-order valence-corrected chi connectivity index (χ0v) is 11.3. The summed E-state index contributed by atoms with van der Waals surface area (Å²) in [5, 5.41) is 3.02. The fraction of sp³-hybridized carbons (Fsp3) is 0.533. The van der Waals surface area contributed by atoms with Crippen molar-refractivity contribution in [3.63, 3.8) is 0 Å². The minimum absolute atomic E-state index is 0.0643. The Morgan fingerprint density at radius 2 is 2.16 bits per heavy atom. The maximum Gasteiger partial charge on any atom is 0.237 e. The average molecular weight is 262 g/mol. The van der Waals surface area contributed by atoms with Crippen LogP contribution < -0.4 is 11.1 Å². The molecule has 0 bridgehead atoms. The second-order valence-electron chi connectivity index (χ2n) is 5.17. The summed E-state index contributed by atoms with van der Waals surface area (Å²) >= 11 is 0. The van der Waals surface area contributed by atoms with E-state index in [4.69, 9.17) is 10.5 Å². The fourth-order valence-corrected chi connectivity index (χ4v) is 2.55. The Hall–Kier alpha value is -1.39. The van der Waals surface area contributed by atoms with Gasteiger partial charge < -0.3 is 15.8 Å². The number of benzene rings is 1. The number of methoxy groups -OCH3 is 1. The standard InChI is InChI=1S/C15H22N2O2/c1-19-13-8-7-12(10-13)17-15(18)14(16)9-11-5-3-2-4-6-11/h2-6,12-14H,7-10,16H2,1H3,(H,17,18)/t12?,13?,14-/m1/s1. The number of amides is 1. The highest BCUT2D eigenvalue weighted by atomic mass is 16.5. The molecule has 3 N–H and O–H groups in total. The van der Waals surface area contributed by atoms with Gasteiger partial charge in [0.1, 0.15) is 0 Å². The molecule has 0 aliphatic heterocycles. The molecule has 0 radical (unpaired) electrons. The van der Waals surface area contributed by atoms with Crippen LogP contribution in [0.15, 0.2) is 30.3 Å². The first-order valence-corrected chi connectivity index (χ1v) is 6.81. The number of nitrogens with one attached hydrogen (secondary N) is 1. The predicted molar refractivity (Wildman–Crippen MR) is 74.7 cm³/mol. The largest absolute Gasteiger partial charge is 0.381 e. The molecule has 1 aliphatic rings. The molecule has 4 heteroatoms. The molecule has 0 spiro atoms. The SMILES string of the molecule is COC1CCC(NC(=O)[C@H](N)Cc2ccccc2)C1. The third-order valence-electron chi connectivity index (χ3n) is 3.70. The molecule has 4 nitrogen and oxygen atoms in total. The lowest BCUT2D eigenvalue weighted by molar-refractivity contribution is -0.123. The Morgan fingerprint density at radius 3 is 2.79 bits per heavy atom. The topological polar surface area (TPSA) is 64.3 Å². The first-order chi connectivity index (χ1) is 9.19. The molecule has 104 valence electrons. The monoisotopic (exact) mass is 262 g/mol. The van der Waals surface area contributed by atoms with E-state index in [2.05, 4.69) is 5.32 Å². The number of ether oxygens (including phenoxy) is 1. The summed E-state index contributed by atoms with van der Waals surface area (Å²) in [5.74, 6) is -0.0643. The minimum atomic E-state index is -0.482. The van der Waals surface area contributed by atoms with Crippen LogP contribution >= 0.6 is 0 Å². The Morgan fingerprint density at radius 1 is 1.42 bits per heavy atom. The fourth-order valence-electron chi connectivity index (χ4n) is 2.55. The van der Waals surface area contributed by atoms with Crippen LogP contribution in [0.2, 0.25) is 0 Å². The highest BCUT2D eigenvalue weighted by molar-refractivity contribution is 5.82. The molecule has 3 atom stereocenters. The number of hydrogen-bond donors (Lipinski definition) is 2. The van der Waals surface area contributed by atoms with Gasteiger partial charge >= 0.3 is 0 Å². The molecule has 2 rings (SSSR count). The highest BCUT2D eigenvalue weighted by Gasteiger charge is 2.27. The van der Waals surface area contributed by atoms with E-state index in [1.807, 2.05) is 30.3 Å². The second kappa shape index (κ2) is 6.68. The van der Waals surface area contributed by atoms with Crippen molar-refractivity contribution < 1.29 is 9.53 Å². The Labute approximate surface area is 114 Å². The minimum Gasteiger partial charge on any atom is -0.381 e. The zero-order valence-electron chi connectivity index (χ0n) is 11.3. The second-order valence-corrected chi connectivity index (χ2v) is 5.17. The van der Waals surface area contributed by atoms with Crippen LogP contribution in [0, 0.1) is 0 Å². The molecule has 1 aliphatic carbocycles. The Bertz CT molecular complexity index is 408. The lowest BCUT2D eigenvalue weighted by atomic mass is 10.1. The normalized spacial score (nSPS) is 24.1. The number of nitrogens with two attached hydrogens (primary N) is 1. The van der Waals surface area contributed by atoms with Crippen molar-refractivity contribution in [2.75, 3.05) is 7.11 Å². The van der Waals surface area contributed by atoms with Crippen LogP contribution in [-0.2, 0) is 16.0 Å². The van der Waals surface area contributed by atoms with Crippen molar-refractivity contribution in [3.05, 3.63) is 35.9 Å². The Kier molecular flexibility index (Phi) is 4.93. The summed E-state index contributed by atoms with van der Waals surface area (Å²) in [6, 6.07) is 9.58. The van der Waals surface area contributed by atoms with E-state index in [-0.39, 0.29) is 18.1 Å². The molecular formula is C15H22N2O2. The van der Waals surface area contributed by atoms with Crippen molar-refractivity contribution in [2.24, 2.45) is 5.73 Å². The number of hydrogen-bond acceptors (Lipinski definition) is 3. The third-order valence-corrected chi connectivity index (χ3v) is 3.70. The summed E-state index contributed by atoms with van der Waals surface area (Å²) in [6.45, 7) is 0. The third kappa shape index (κ3) is 4.04. The average Bonchev–Trinajstić information content (AvgIpc) is 2.87. The van der Waals surface area contributed by atoms with Gasteiger partial charge in [-0.3, -0.25) is 4.79 Å². The zero-order chi connectivity index (χ0) is 13.7. The van der Waals surface area contributed by atoms with Crippen molar-refractivity contribution in [3.8, 4) is 0 Å². The van der Waals surface area contributed by atoms with Crippen LogP contribution in [-0.4, -0.2) is 31.2 Å². The molecule has 0 heterocycles. The van der Waals surface area contributed by atoms with Gasteiger partial charge in [0.05, 0.1) is 12.1 Å². The maximum atomic E-state index is 12.0. The van der Waals surface area contributed by atoms with Gasteiger partial charge in [0, 0.05) is 13.2 Å². The van der Waals surface area contributed by atoms with Gasteiger partial charge in [-0.15, -0.1) is 0 Å². The van der Waals surface area contributed by atoms with Crippen molar-refractivity contribution in [2.45, 2.75) is 43.9 Å².